The lowest BCUT2D eigenvalue weighted by molar-refractivity contribution is -0.128. The van der Waals surface area contributed by atoms with Crippen molar-refractivity contribution in [1.29, 1.82) is 0 Å². The highest BCUT2D eigenvalue weighted by molar-refractivity contribution is 5.78. The molecule has 0 aromatic rings. The Balaban J connectivity index is 2.33. The van der Waals surface area contributed by atoms with Crippen molar-refractivity contribution in [2.75, 3.05) is 20.2 Å². The third-order valence-corrected chi connectivity index (χ3v) is 3.58. The van der Waals surface area contributed by atoms with Crippen molar-refractivity contribution >= 4 is 5.91 Å². The molecule has 1 saturated carbocycles. The Kier molecular flexibility index (Phi) is 5.22. The summed E-state index contributed by atoms with van der Waals surface area (Å²) in [6.07, 6.45) is 5.14. The van der Waals surface area contributed by atoms with E-state index in [1.165, 1.54) is 6.42 Å². The lowest BCUT2D eigenvalue weighted by Gasteiger charge is -2.40. The maximum atomic E-state index is 11.8. The Hall–Kier alpha value is -0.610. The predicted molar refractivity (Wildman–Crippen MR) is 64.1 cm³/mol. The van der Waals surface area contributed by atoms with Crippen LogP contribution in [0.25, 0.3) is 0 Å². The molecule has 0 spiro atoms. The molecule has 4 heteroatoms. The van der Waals surface area contributed by atoms with Crippen LogP contribution in [0.2, 0.25) is 0 Å². The molecule has 0 aromatic heterocycles. The van der Waals surface area contributed by atoms with Gasteiger partial charge in [-0.1, -0.05) is 13.3 Å². The van der Waals surface area contributed by atoms with Crippen LogP contribution in [0.5, 0.6) is 0 Å². The normalized spacial score (nSPS) is 19.9. The smallest absolute Gasteiger partial charge is 0.224 e. The topological polar surface area (TPSA) is 64.4 Å². The van der Waals surface area contributed by atoms with Crippen LogP contribution in [-0.4, -0.2) is 31.7 Å². The number of ether oxygens (including phenoxy) is 1. The van der Waals surface area contributed by atoms with Gasteiger partial charge in [-0.25, -0.2) is 0 Å². The van der Waals surface area contributed by atoms with Crippen molar-refractivity contribution in [3.63, 3.8) is 0 Å². The first-order valence-corrected chi connectivity index (χ1v) is 6.20. The molecule has 16 heavy (non-hydrogen) atoms. The summed E-state index contributed by atoms with van der Waals surface area (Å²) in [5.41, 5.74) is 5.49. The van der Waals surface area contributed by atoms with Crippen LogP contribution in [0.15, 0.2) is 0 Å². The Morgan fingerprint density at radius 1 is 1.56 bits per heavy atom. The SMILES string of the molecule is CCCC(CN)C(=O)NCC1(OC)CCC1. The Bertz CT molecular complexity index is 222. The summed E-state index contributed by atoms with van der Waals surface area (Å²) in [5.74, 6) is 0.0339. The molecule has 0 radical (unpaired) electrons. The van der Waals surface area contributed by atoms with Crippen LogP contribution < -0.4 is 11.1 Å². The van der Waals surface area contributed by atoms with E-state index in [1.807, 2.05) is 0 Å². The third-order valence-electron chi connectivity index (χ3n) is 3.58. The fraction of sp³-hybridized carbons (Fsp3) is 0.917. The minimum atomic E-state index is -0.0962. The fourth-order valence-electron chi connectivity index (χ4n) is 2.12. The number of amides is 1. The first-order valence-electron chi connectivity index (χ1n) is 6.20. The molecule has 0 bridgehead atoms. The van der Waals surface area contributed by atoms with Gasteiger partial charge in [0.05, 0.1) is 11.5 Å². The summed E-state index contributed by atoms with van der Waals surface area (Å²) in [7, 11) is 1.72. The van der Waals surface area contributed by atoms with Crippen LogP contribution in [0.3, 0.4) is 0 Å². The zero-order chi connectivity index (χ0) is 12.0. The van der Waals surface area contributed by atoms with E-state index < -0.39 is 0 Å². The van der Waals surface area contributed by atoms with E-state index in [1.54, 1.807) is 7.11 Å². The van der Waals surface area contributed by atoms with Gasteiger partial charge >= 0.3 is 0 Å². The van der Waals surface area contributed by atoms with Crippen molar-refractivity contribution in [2.45, 2.75) is 44.6 Å². The van der Waals surface area contributed by atoms with Crippen LogP contribution in [-0.2, 0) is 9.53 Å². The minimum absolute atomic E-state index is 0.0426. The summed E-state index contributed by atoms with van der Waals surface area (Å²) in [6.45, 7) is 3.13. The Morgan fingerprint density at radius 3 is 2.62 bits per heavy atom. The van der Waals surface area contributed by atoms with Crippen LogP contribution >= 0.6 is 0 Å². The molecule has 4 nitrogen and oxygen atoms in total. The molecule has 1 fully saturated rings. The monoisotopic (exact) mass is 228 g/mol. The number of hydrogen-bond donors (Lipinski definition) is 2. The average Bonchev–Trinajstić information content (AvgIpc) is 2.24. The molecule has 1 atom stereocenters. The molecule has 0 heterocycles. The van der Waals surface area contributed by atoms with Gasteiger partial charge in [0.1, 0.15) is 0 Å². The molecule has 1 unspecified atom stereocenters. The van der Waals surface area contributed by atoms with E-state index in [0.29, 0.717) is 13.1 Å². The number of nitrogens with one attached hydrogen (secondary N) is 1. The largest absolute Gasteiger partial charge is 0.376 e. The molecule has 0 aromatic carbocycles. The van der Waals surface area contributed by atoms with Crippen LogP contribution in [0.1, 0.15) is 39.0 Å². The van der Waals surface area contributed by atoms with Gasteiger partial charge in [-0.15, -0.1) is 0 Å². The summed E-state index contributed by atoms with van der Waals surface area (Å²) in [4.78, 5) is 11.8. The maximum absolute atomic E-state index is 11.8. The first-order chi connectivity index (χ1) is 7.67. The Morgan fingerprint density at radius 2 is 2.25 bits per heavy atom. The third kappa shape index (κ3) is 3.19. The second-order valence-corrected chi connectivity index (χ2v) is 4.68. The van der Waals surface area contributed by atoms with Crippen molar-refractivity contribution < 1.29 is 9.53 Å². The molecule has 1 amide bonds. The molecule has 1 aliphatic rings. The highest BCUT2D eigenvalue weighted by Crippen LogP contribution is 2.34. The zero-order valence-corrected chi connectivity index (χ0v) is 10.4. The summed E-state index contributed by atoms with van der Waals surface area (Å²) in [5, 5.41) is 2.97. The number of methoxy groups -OCH3 is 1. The van der Waals surface area contributed by atoms with Crippen molar-refractivity contribution in [3.8, 4) is 0 Å². The van der Waals surface area contributed by atoms with Gasteiger partial charge < -0.3 is 15.8 Å². The highest BCUT2D eigenvalue weighted by atomic mass is 16.5. The van der Waals surface area contributed by atoms with E-state index in [4.69, 9.17) is 10.5 Å². The average molecular weight is 228 g/mol. The van der Waals surface area contributed by atoms with E-state index in [0.717, 1.165) is 25.7 Å². The van der Waals surface area contributed by atoms with Gasteiger partial charge in [0.2, 0.25) is 5.91 Å². The molecule has 0 saturated heterocycles. The van der Waals surface area contributed by atoms with Crippen molar-refractivity contribution in [1.82, 2.24) is 5.32 Å². The van der Waals surface area contributed by atoms with Crippen LogP contribution in [0.4, 0.5) is 0 Å². The van der Waals surface area contributed by atoms with Gasteiger partial charge in [0.15, 0.2) is 0 Å². The lowest BCUT2D eigenvalue weighted by Crippen LogP contribution is -2.50. The van der Waals surface area contributed by atoms with Gasteiger partial charge in [0.25, 0.3) is 0 Å². The fourth-order valence-corrected chi connectivity index (χ4v) is 2.12. The summed E-state index contributed by atoms with van der Waals surface area (Å²) in [6, 6.07) is 0. The predicted octanol–water partition coefficient (Wildman–Crippen LogP) is 1.05. The van der Waals surface area contributed by atoms with Crippen LogP contribution in [0, 0.1) is 5.92 Å². The number of rotatable bonds is 7. The van der Waals surface area contributed by atoms with E-state index >= 15 is 0 Å². The van der Waals surface area contributed by atoms with Gasteiger partial charge in [0, 0.05) is 20.2 Å². The van der Waals surface area contributed by atoms with E-state index in [9.17, 15) is 4.79 Å². The molecular formula is C12H24N2O2. The van der Waals surface area contributed by atoms with Gasteiger partial charge in [-0.05, 0) is 25.7 Å². The molecular weight excluding hydrogens is 204 g/mol. The minimum Gasteiger partial charge on any atom is -0.376 e. The quantitative estimate of drug-likeness (QED) is 0.684. The first kappa shape index (κ1) is 13.5. The van der Waals surface area contributed by atoms with Gasteiger partial charge in [-0.2, -0.15) is 0 Å². The van der Waals surface area contributed by atoms with E-state index in [-0.39, 0.29) is 17.4 Å². The van der Waals surface area contributed by atoms with E-state index in [2.05, 4.69) is 12.2 Å². The van der Waals surface area contributed by atoms with Crippen molar-refractivity contribution in [2.24, 2.45) is 11.7 Å². The highest BCUT2D eigenvalue weighted by Gasteiger charge is 2.37. The molecule has 0 aliphatic heterocycles. The molecule has 3 N–H and O–H groups in total. The second kappa shape index (κ2) is 6.21. The Labute approximate surface area is 97.9 Å². The lowest BCUT2D eigenvalue weighted by atomic mass is 9.80. The second-order valence-electron chi connectivity index (χ2n) is 4.68. The zero-order valence-electron chi connectivity index (χ0n) is 10.4. The molecule has 1 rings (SSSR count). The summed E-state index contributed by atoms with van der Waals surface area (Å²) >= 11 is 0. The summed E-state index contributed by atoms with van der Waals surface area (Å²) < 4.78 is 5.45. The molecule has 1 aliphatic carbocycles. The number of nitrogens with two attached hydrogens (primary N) is 1. The standard InChI is InChI=1S/C12H24N2O2/c1-3-5-10(8-13)11(15)14-9-12(16-2)6-4-7-12/h10H,3-9,13H2,1-2H3,(H,14,15). The number of hydrogen-bond acceptors (Lipinski definition) is 3. The van der Waals surface area contributed by atoms with Gasteiger partial charge in [-0.3, -0.25) is 4.79 Å². The van der Waals surface area contributed by atoms with Crippen molar-refractivity contribution in [3.05, 3.63) is 0 Å². The number of carbonyl (C=O) groups excluding carboxylic acids is 1. The molecule has 94 valence electrons. The maximum Gasteiger partial charge on any atom is 0.224 e. The number of carbonyl (C=O) groups is 1.